The van der Waals surface area contributed by atoms with E-state index in [0.29, 0.717) is 16.9 Å². The SMILES string of the molecule is CC(C)(C)N(NC(=O)c1ccccc1)C(=O)c1cccc(CSC#N)c1. The summed E-state index contributed by atoms with van der Waals surface area (Å²) in [5, 5.41) is 12.1. The molecule has 2 aromatic carbocycles. The average molecular weight is 367 g/mol. The highest BCUT2D eigenvalue weighted by Crippen LogP contribution is 2.18. The molecule has 26 heavy (non-hydrogen) atoms. The van der Waals surface area contributed by atoms with Crippen LogP contribution in [-0.2, 0) is 5.75 Å². The van der Waals surface area contributed by atoms with Gasteiger partial charge in [0.1, 0.15) is 5.40 Å². The van der Waals surface area contributed by atoms with Crippen molar-refractivity contribution in [1.82, 2.24) is 10.4 Å². The molecule has 0 radical (unpaired) electrons. The third-order valence-corrected chi connectivity index (χ3v) is 4.21. The van der Waals surface area contributed by atoms with E-state index in [0.717, 1.165) is 17.3 Å². The maximum Gasteiger partial charge on any atom is 0.272 e. The van der Waals surface area contributed by atoms with Crippen molar-refractivity contribution >= 4 is 23.6 Å². The van der Waals surface area contributed by atoms with Crippen molar-refractivity contribution in [2.24, 2.45) is 0 Å². The van der Waals surface area contributed by atoms with Crippen molar-refractivity contribution in [1.29, 1.82) is 5.26 Å². The Morgan fingerprint density at radius 2 is 1.73 bits per heavy atom. The molecule has 134 valence electrons. The number of carbonyl (C=O) groups is 2. The minimum Gasteiger partial charge on any atom is -0.267 e. The highest BCUT2D eigenvalue weighted by molar-refractivity contribution is 8.02. The fraction of sp³-hybridized carbons (Fsp3) is 0.250. The lowest BCUT2D eigenvalue weighted by Crippen LogP contribution is -2.55. The number of carbonyl (C=O) groups excluding carboxylic acids is 2. The van der Waals surface area contributed by atoms with Gasteiger partial charge in [-0.15, -0.1) is 0 Å². The predicted octanol–water partition coefficient (Wildman–Crippen LogP) is 3.99. The van der Waals surface area contributed by atoms with Gasteiger partial charge >= 0.3 is 0 Å². The van der Waals surface area contributed by atoms with Crippen molar-refractivity contribution in [2.75, 3.05) is 0 Å². The first-order valence-electron chi connectivity index (χ1n) is 8.13. The third-order valence-electron chi connectivity index (χ3n) is 3.60. The average Bonchev–Trinajstić information content (AvgIpc) is 2.63. The number of hydrogen-bond acceptors (Lipinski definition) is 4. The summed E-state index contributed by atoms with van der Waals surface area (Å²) in [7, 11) is 0. The third kappa shape index (κ3) is 5.11. The van der Waals surface area contributed by atoms with Gasteiger partial charge in [-0.1, -0.05) is 30.3 Å². The van der Waals surface area contributed by atoms with Crippen molar-refractivity contribution in [3.63, 3.8) is 0 Å². The van der Waals surface area contributed by atoms with E-state index in [9.17, 15) is 9.59 Å². The smallest absolute Gasteiger partial charge is 0.267 e. The Morgan fingerprint density at radius 1 is 1.08 bits per heavy atom. The van der Waals surface area contributed by atoms with E-state index < -0.39 is 5.54 Å². The maximum absolute atomic E-state index is 13.0. The molecular weight excluding hydrogens is 346 g/mol. The van der Waals surface area contributed by atoms with Crippen LogP contribution in [0.3, 0.4) is 0 Å². The maximum atomic E-state index is 13.0. The molecule has 0 heterocycles. The van der Waals surface area contributed by atoms with Gasteiger partial charge in [-0.05, 0) is 62.4 Å². The zero-order chi connectivity index (χ0) is 19.2. The first kappa shape index (κ1) is 19.5. The van der Waals surface area contributed by atoms with Gasteiger partial charge in [0, 0.05) is 16.9 Å². The molecule has 0 atom stereocenters. The number of benzene rings is 2. The second-order valence-corrected chi connectivity index (χ2v) is 7.46. The number of hydrogen-bond donors (Lipinski definition) is 1. The van der Waals surface area contributed by atoms with Crippen molar-refractivity contribution in [2.45, 2.75) is 32.1 Å². The number of rotatable bonds is 4. The summed E-state index contributed by atoms with van der Waals surface area (Å²) in [4.78, 5) is 25.5. The minimum atomic E-state index is -0.612. The number of thiocyanates is 1. The van der Waals surface area contributed by atoms with Crippen molar-refractivity contribution in [3.8, 4) is 5.40 Å². The fourth-order valence-corrected chi connectivity index (χ4v) is 2.73. The summed E-state index contributed by atoms with van der Waals surface area (Å²) in [6, 6.07) is 15.9. The normalized spacial score (nSPS) is 10.7. The number of nitriles is 1. The zero-order valence-electron chi connectivity index (χ0n) is 15.0. The summed E-state index contributed by atoms with van der Waals surface area (Å²) in [5.41, 5.74) is 3.93. The van der Waals surface area contributed by atoms with E-state index in [2.05, 4.69) is 5.43 Å². The van der Waals surface area contributed by atoms with E-state index in [-0.39, 0.29) is 11.8 Å². The molecule has 1 N–H and O–H groups in total. The van der Waals surface area contributed by atoms with Crippen LogP contribution in [0.5, 0.6) is 0 Å². The lowest BCUT2D eigenvalue weighted by molar-refractivity contribution is 0.0358. The molecule has 0 bridgehead atoms. The standard InChI is InChI=1S/C20H21N3O2S/c1-20(2,3)23(22-18(24)16-9-5-4-6-10-16)19(25)17-11-7-8-15(12-17)13-26-14-21/h4-12H,13H2,1-3H3,(H,22,24). The first-order valence-corrected chi connectivity index (χ1v) is 9.12. The Balaban J connectivity index is 2.26. The van der Waals surface area contributed by atoms with Crippen LogP contribution >= 0.6 is 11.8 Å². The molecule has 0 aromatic heterocycles. The predicted molar refractivity (Wildman–Crippen MR) is 103 cm³/mol. The van der Waals surface area contributed by atoms with Gasteiger partial charge < -0.3 is 0 Å². The molecule has 5 nitrogen and oxygen atoms in total. The van der Waals surface area contributed by atoms with Gasteiger partial charge in [-0.3, -0.25) is 15.0 Å². The van der Waals surface area contributed by atoms with E-state index in [4.69, 9.17) is 5.26 Å². The lowest BCUT2D eigenvalue weighted by atomic mass is 10.1. The summed E-state index contributed by atoms with van der Waals surface area (Å²) in [6.45, 7) is 5.56. The van der Waals surface area contributed by atoms with Gasteiger partial charge in [-0.25, -0.2) is 5.01 Å². The van der Waals surface area contributed by atoms with Gasteiger partial charge in [0.25, 0.3) is 11.8 Å². The molecule has 0 spiro atoms. The van der Waals surface area contributed by atoms with Crippen LogP contribution < -0.4 is 5.43 Å². The first-order chi connectivity index (χ1) is 12.3. The molecule has 2 rings (SSSR count). The van der Waals surface area contributed by atoms with E-state index in [1.165, 1.54) is 5.01 Å². The number of amides is 2. The van der Waals surface area contributed by atoms with Crippen LogP contribution in [0.2, 0.25) is 0 Å². The Labute approximate surface area is 158 Å². The highest BCUT2D eigenvalue weighted by atomic mass is 32.2. The summed E-state index contributed by atoms with van der Waals surface area (Å²) in [5.74, 6) is -0.139. The Morgan fingerprint density at radius 3 is 2.35 bits per heavy atom. The molecule has 0 fully saturated rings. The lowest BCUT2D eigenvalue weighted by Gasteiger charge is -2.35. The van der Waals surface area contributed by atoms with E-state index in [1.54, 1.807) is 42.5 Å². The molecule has 0 saturated heterocycles. The van der Waals surface area contributed by atoms with Crippen LogP contribution in [0.4, 0.5) is 0 Å². The number of thioether (sulfide) groups is 1. The number of nitrogens with one attached hydrogen (secondary N) is 1. The molecule has 0 aliphatic carbocycles. The molecule has 2 aromatic rings. The Kier molecular flexibility index (Phi) is 6.42. The molecule has 0 aliphatic heterocycles. The van der Waals surface area contributed by atoms with Crippen LogP contribution in [-0.4, -0.2) is 22.4 Å². The molecule has 0 aliphatic rings. The fourth-order valence-electron chi connectivity index (χ4n) is 2.32. The molecular formula is C20H21N3O2S. The monoisotopic (exact) mass is 367 g/mol. The molecule has 6 heteroatoms. The second kappa shape index (κ2) is 8.54. The highest BCUT2D eigenvalue weighted by Gasteiger charge is 2.29. The van der Waals surface area contributed by atoms with Gasteiger partial charge in [0.05, 0.1) is 5.54 Å². The van der Waals surface area contributed by atoms with E-state index >= 15 is 0 Å². The molecule has 2 amide bonds. The summed E-state index contributed by atoms with van der Waals surface area (Å²) in [6.07, 6.45) is 0. The van der Waals surface area contributed by atoms with Crippen molar-refractivity contribution in [3.05, 3.63) is 71.3 Å². The van der Waals surface area contributed by atoms with Gasteiger partial charge in [0.2, 0.25) is 0 Å². The van der Waals surface area contributed by atoms with Crippen LogP contribution in [0.25, 0.3) is 0 Å². The largest absolute Gasteiger partial charge is 0.272 e. The Hall–Kier alpha value is -2.78. The Bertz CT molecular complexity index is 823. The number of hydrazine groups is 1. The molecule has 0 saturated carbocycles. The van der Waals surface area contributed by atoms with Gasteiger partial charge in [0.15, 0.2) is 0 Å². The number of nitrogens with zero attached hydrogens (tertiary/aromatic N) is 2. The summed E-state index contributed by atoms with van der Waals surface area (Å²) < 4.78 is 0. The van der Waals surface area contributed by atoms with Crippen LogP contribution in [0.1, 0.15) is 47.1 Å². The second-order valence-electron chi connectivity index (χ2n) is 6.70. The quantitative estimate of drug-likeness (QED) is 0.655. The van der Waals surface area contributed by atoms with Crippen LogP contribution in [0, 0.1) is 10.7 Å². The van der Waals surface area contributed by atoms with Crippen LogP contribution in [0.15, 0.2) is 54.6 Å². The topological polar surface area (TPSA) is 73.2 Å². The zero-order valence-corrected chi connectivity index (χ0v) is 15.8. The molecule has 0 unspecified atom stereocenters. The summed E-state index contributed by atoms with van der Waals surface area (Å²) >= 11 is 1.11. The van der Waals surface area contributed by atoms with Gasteiger partial charge in [-0.2, -0.15) is 5.26 Å². The van der Waals surface area contributed by atoms with Crippen molar-refractivity contribution < 1.29 is 9.59 Å². The van der Waals surface area contributed by atoms with E-state index in [1.807, 2.05) is 38.3 Å². The minimum absolute atomic E-state index is 0.300.